The van der Waals surface area contributed by atoms with Crippen LogP contribution in [0.4, 0.5) is 4.39 Å². The SMILES string of the molecule is CC[C@H](C(=O)N[C@@H](C)CC)N(Cc1ccc(F)cc1)C(=O)Cc1ccc(Cl)c(Cl)c1. The van der Waals surface area contributed by atoms with Crippen molar-refractivity contribution in [3.63, 3.8) is 0 Å². The van der Waals surface area contributed by atoms with Gasteiger partial charge in [-0.2, -0.15) is 0 Å². The first-order valence-electron chi connectivity index (χ1n) is 10.0. The van der Waals surface area contributed by atoms with Gasteiger partial charge in [0, 0.05) is 12.6 Å². The number of hydrogen-bond donors (Lipinski definition) is 1. The molecule has 0 aliphatic carbocycles. The predicted molar refractivity (Wildman–Crippen MR) is 119 cm³/mol. The quantitative estimate of drug-likeness (QED) is 0.553. The van der Waals surface area contributed by atoms with Crippen molar-refractivity contribution in [1.29, 1.82) is 0 Å². The minimum Gasteiger partial charge on any atom is -0.352 e. The van der Waals surface area contributed by atoms with Crippen molar-refractivity contribution in [2.24, 2.45) is 0 Å². The fraction of sp³-hybridized carbons (Fsp3) is 0.391. The Morgan fingerprint density at radius 1 is 1.00 bits per heavy atom. The molecule has 162 valence electrons. The summed E-state index contributed by atoms with van der Waals surface area (Å²) < 4.78 is 13.3. The second-order valence-corrected chi connectivity index (χ2v) is 8.13. The van der Waals surface area contributed by atoms with Crippen molar-refractivity contribution in [3.8, 4) is 0 Å². The van der Waals surface area contributed by atoms with Crippen LogP contribution in [0, 0.1) is 5.82 Å². The van der Waals surface area contributed by atoms with Gasteiger partial charge in [-0.1, -0.05) is 55.2 Å². The maximum Gasteiger partial charge on any atom is 0.243 e. The Hall–Kier alpha value is -2.11. The fourth-order valence-corrected chi connectivity index (χ4v) is 3.39. The third kappa shape index (κ3) is 6.71. The van der Waals surface area contributed by atoms with Crippen molar-refractivity contribution in [1.82, 2.24) is 10.2 Å². The summed E-state index contributed by atoms with van der Waals surface area (Å²) >= 11 is 12.0. The maximum absolute atomic E-state index is 13.3. The molecule has 0 saturated carbocycles. The van der Waals surface area contributed by atoms with E-state index in [9.17, 15) is 14.0 Å². The third-order valence-corrected chi connectivity index (χ3v) is 5.73. The Bertz CT molecular complexity index is 874. The Kier molecular flexibility index (Phi) is 9.12. The Morgan fingerprint density at radius 3 is 2.20 bits per heavy atom. The van der Waals surface area contributed by atoms with Gasteiger partial charge in [0.25, 0.3) is 0 Å². The smallest absolute Gasteiger partial charge is 0.243 e. The lowest BCUT2D eigenvalue weighted by Gasteiger charge is -2.31. The molecule has 2 amide bonds. The van der Waals surface area contributed by atoms with E-state index >= 15 is 0 Å². The van der Waals surface area contributed by atoms with Crippen molar-refractivity contribution in [2.45, 2.75) is 58.7 Å². The van der Waals surface area contributed by atoms with Crippen LogP contribution in [0.25, 0.3) is 0 Å². The number of rotatable bonds is 9. The molecule has 0 unspecified atom stereocenters. The predicted octanol–water partition coefficient (Wildman–Crippen LogP) is 5.40. The number of carbonyl (C=O) groups excluding carboxylic acids is 2. The molecule has 2 aromatic carbocycles. The molecule has 0 heterocycles. The summed E-state index contributed by atoms with van der Waals surface area (Å²) in [6.45, 7) is 5.97. The second-order valence-electron chi connectivity index (χ2n) is 7.32. The van der Waals surface area contributed by atoms with Gasteiger partial charge in [0.05, 0.1) is 16.5 Å². The van der Waals surface area contributed by atoms with Gasteiger partial charge in [-0.25, -0.2) is 4.39 Å². The maximum atomic E-state index is 13.3. The number of halogens is 3. The molecule has 30 heavy (non-hydrogen) atoms. The first-order valence-corrected chi connectivity index (χ1v) is 10.8. The molecular weight excluding hydrogens is 426 g/mol. The molecule has 0 spiro atoms. The molecule has 7 heteroatoms. The number of amides is 2. The van der Waals surface area contributed by atoms with Crippen LogP contribution in [0.2, 0.25) is 10.0 Å². The highest BCUT2D eigenvalue weighted by molar-refractivity contribution is 6.42. The highest BCUT2D eigenvalue weighted by atomic mass is 35.5. The minimum absolute atomic E-state index is 0.00407. The Labute approximate surface area is 187 Å². The van der Waals surface area contributed by atoms with E-state index in [4.69, 9.17) is 23.2 Å². The molecule has 2 rings (SSSR count). The monoisotopic (exact) mass is 452 g/mol. The molecule has 0 aliphatic heterocycles. The van der Waals surface area contributed by atoms with Crippen LogP contribution in [0.1, 0.15) is 44.7 Å². The van der Waals surface area contributed by atoms with Gasteiger partial charge in [0.1, 0.15) is 11.9 Å². The lowest BCUT2D eigenvalue weighted by Crippen LogP contribution is -2.51. The minimum atomic E-state index is -0.640. The molecule has 0 saturated heterocycles. The van der Waals surface area contributed by atoms with Crippen LogP contribution < -0.4 is 5.32 Å². The van der Waals surface area contributed by atoms with Crippen LogP contribution in [0.15, 0.2) is 42.5 Å². The van der Waals surface area contributed by atoms with Gasteiger partial charge in [-0.15, -0.1) is 0 Å². The Morgan fingerprint density at radius 2 is 1.63 bits per heavy atom. The molecular formula is C23H27Cl2FN2O2. The first-order chi connectivity index (χ1) is 14.2. The van der Waals surface area contributed by atoms with Crippen molar-refractivity contribution in [3.05, 3.63) is 69.5 Å². The van der Waals surface area contributed by atoms with Crippen LogP contribution in [0.3, 0.4) is 0 Å². The number of nitrogens with one attached hydrogen (secondary N) is 1. The number of nitrogens with zero attached hydrogens (tertiary/aromatic N) is 1. The van der Waals surface area contributed by atoms with E-state index in [1.165, 1.54) is 12.1 Å². The molecule has 0 bridgehead atoms. The van der Waals surface area contributed by atoms with Gasteiger partial charge in [-0.3, -0.25) is 9.59 Å². The molecule has 0 aromatic heterocycles. The molecule has 2 atom stereocenters. The summed E-state index contributed by atoms with van der Waals surface area (Å²) in [5, 5.41) is 3.74. The fourth-order valence-electron chi connectivity index (χ4n) is 3.07. The van der Waals surface area contributed by atoms with Crippen LogP contribution in [0.5, 0.6) is 0 Å². The van der Waals surface area contributed by atoms with Crippen LogP contribution in [-0.2, 0) is 22.6 Å². The molecule has 0 aliphatic rings. The second kappa shape index (κ2) is 11.3. The van der Waals surface area contributed by atoms with E-state index in [1.54, 1.807) is 35.2 Å². The molecule has 0 fully saturated rings. The Balaban J connectivity index is 2.30. The largest absolute Gasteiger partial charge is 0.352 e. The zero-order valence-electron chi connectivity index (χ0n) is 17.4. The van der Waals surface area contributed by atoms with Crippen LogP contribution in [-0.4, -0.2) is 28.8 Å². The van der Waals surface area contributed by atoms with E-state index in [2.05, 4.69) is 5.32 Å². The number of benzene rings is 2. The van der Waals surface area contributed by atoms with Crippen molar-refractivity contribution < 1.29 is 14.0 Å². The molecule has 1 N–H and O–H groups in total. The highest BCUT2D eigenvalue weighted by Crippen LogP contribution is 2.23. The van der Waals surface area contributed by atoms with E-state index < -0.39 is 6.04 Å². The standard InChI is InChI=1S/C23H27Cl2FN2O2/c1-4-15(3)27-23(30)21(5-2)28(14-16-6-9-18(26)10-7-16)22(29)13-17-8-11-19(24)20(25)12-17/h6-12,15,21H,4-5,13-14H2,1-3H3,(H,27,30)/t15-,21+/m0/s1. The topological polar surface area (TPSA) is 49.4 Å². The summed E-state index contributed by atoms with van der Waals surface area (Å²) in [6, 6.07) is 10.3. The van der Waals surface area contributed by atoms with Gasteiger partial charge >= 0.3 is 0 Å². The van der Waals surface area contributed by atoms with Gasteiger partial charge in [0.15, 0.2) is 0 Å². The molecule has 2 aromatic rings. The third-order valence-electron chi connectivity index (χ3n) is 4.99. The van der Waals surface area contributed by atoms with Crippen molar-refractivity contribution >= 4 is 35.0 Å². The summed E-state index contributed by atoms with van der Waals surface area (Å²) in [4.78, 5) is 27.7. The summed E-state index contributed by atoms with van der Waals surface area (Å²) in [7, 11) is 0. The van der Waals surface area contributed by atoms with Crippen LogP contribution >= 0.6 is 23.2 Å². The average molecular weight is 453 g/mol. The zero-order chi connectivity index (χ0) is 22.3. The highest BCUT2D eigenvalue weighted by Gasteiger charge is 2.29. The lowest BCUT2D eigenvalue weighted by atomic mass is 10.1. The van der Waals surface area contributed by atoms with E-state index in [0.717, 1.165) is 12.0 Å². The first kappa shape index (κ1) is 24.2. The lowest BCUT2D eigenvalue weighted by molar-refractivity contribution is -0.141. The summed E-state index contributed by atoms with van der Waals surface area (Å²) in [5.74, 6) is -0.769. The number of hydrogen-bond acceptors (Lipinski definition) is 2. The summed E-state index contributed by atoms with van der Waals surface area (Å²) in [6.07, 6.45) is 1.32. The normalized spacial score (nSPS) is 12.9. The van der Waals surface area contributed by atoms with E-state index in [0.29, 0.717) is 22.0 Å². The van der Waals surface area contributed by atoms with Gasteiger partial charge in [0.2, 0.25) is 11.8 Å². The average Bonchev–Trinajstić information content (AvgIpc) is 2.71. The molecule has 0 radical (unpaired) electrons. The number of carbonyl (C=O) groups is 2. The van der Waals surface area contributed by atoms with Gasteiger partial charge < -0.3 is 10.2 Å². The molecule has 4 nitrogen and oxygen atoms in total. The zero-order valence-corrected chi connectivity index (χ0v) is 18.9. The summed E-state index contributed by atoms with van der Waals surface area (Å²) in [5.41, 5.74) is 1.45. The van der Waals surface area contributed by atoms with E-state index in [-0.39, 0.29) is 36.6 Å². The van der Waals surface area contributed by atoms with Crippen molar-refractivity contribution in [2.75, 3.05) is 0 Å². The van der Waals surface area contributed by atoms with Gasteiger partial charge in [-0.05, 0) is 55.2 Å². The van der Waals surface area contributed by atoms with E-state index in [1.807, 2.05) is 20.8 Å².